The van der Waals surface area contributed by atoms with Crippen LogP contribution in [-0.2, 0) is 6.54 Å². The van der Waals surface area contributed by atoms with Crippen LogP contribution in [0.5, 0.6) is 0 Å². The van der Waals surface area contributed by atoms with Crippen molar-refractivity contribution >= 4 is 34.8 Å². The normalized spacial score (nSPS) is 10.7. The molecule has 0 aliphatic rings. The summed E-state index contributed by atoms with van der Waals surface area (Å²) in [5, 5.41) is 6.93. The van der Waals surface area contributed by atoms with Gasteiger partial charge in [-0.25, -0.2) is 9.07 Å². The van der Waals surface area contributed by atoms with E-state index in [0.717, 1.165) is 5.56 Å². The molecule has 25 heavy (non-hydrogen) atoms. The highest BCUT2D eigenvalue weighted by molar-refractivity contribution is 6.34. The van der Waals surface area contributed by atoms with Gasteiger partial charge in [-0.05, 0) is 24.6 Å². The molecule has 4 nitrogen and oxygen atoms in total. The zero-order chi connectivity index (χ0) is 18.0. The molecule has 0 unspecified atom stereocenters. The summed E-state index contributed by atoms with van der Waals surface area (Å²) in [4.78, 5) is 12.5. The predicted octanol–water partition coefficient (Wildman–Crippen LogP) is 4.94. The van der Waals surface area contributed by atoms with Crippen molar-refractivity contribution in [1.29, 1.82) is 0 Å². The summed E-state index contributed by atoms with van der Waals surface area (Å²) in [6, 6.07) is 14.0. The van der Waals surface area contributed by atoms with Gasteiger partial charge in [0.25, 0.3) is 5.91 Å². The molecule has 0 aliphatic heterocycles. The van der Waals surface area contributed by atoms with E-state index in [1.54, 1.807) is 13.0 Å². The highest BCUT2D eigenvalue weighted by atomic mass is 35.5. The summed E-state index contributed by atoms with van der Waals surface area (Å²) >= 11 is 12.1. The number of carbonyl (C=O) groups excluding carboxylic acids is 1. The average molecular weight is 378 g/mol. The maximum atomic E-state index is 14.0. The number of aryl methyl sites for hydroxylation is 1. The van der Waals surface area contributed by atoms with Crippen LogP contribution in [-0.4, -0.2) is 15.7 Å². The number of anilines is 1. The molecule has 1 amide bonds. The fourth-order valence-corrected chi connectivity index (χ4v) is 2.95. The van der Waals surface area contributed by atoms with Crippen molar-refractivity contribution in [3.05, 3.63) is 81.3 Å². The van der Waals surface area contributed by atoms with Gasteiger partial charge in [0.15, 0.2) is 5.82 Å². The van der Waals surface area contributed by atoms with Gasteiger partial charge in [-0.3, -0.25) is 4.79 Å². The number of amides is 1. The maximum Gasteiger partial charge on any atom is 0.260 e. The van der Waals surface area contributed by atoms with Crippen LogP contribution >= 0.6 is 23.2 Å². The lowest BCUT2D eigenvalue weighted by Crippen LogP contribution is -2.14. The largest absolute Gasteiger partial charge is 0.319 e. The Labute approximate surface area is 154 Å². The monoisotopic (exact) mass is 377 g/mol. The lowest BCUT2D eigenvalue weighted by Gasteiger charge is -2.07. The van der Waals surface area contributed by atoms with E-state index in [4.69, 9.17) is 23.2 Å². The minimum absolute atomic E-state index is 0.0104. The fourth-order valence-electron chi connectivity index (χ4n) is 2.46. The first-order valence-electron chi connectivity index (χ1n) is 7.49. The van der Waals surface area contributed by atoms with Crippen molar-refractivity contribution in [2.45, 2.75) is 13.5 Å². The Hall–Kier alpha value is -2.37. The standard InChI is InChI=1S/C18H14Cl2FN3O/c1-11-15(18(25)22-14-9-5-8-13(19)16(14)21)17(20)24(23-11)10-12-6-3-2-4-7-12/h2-9H,10H2,1H3,(H,22,25). The van der Waals surface area contributed by atoms with E-state index in [1.165, 1.54) is 16.8 Å². The third kappa shape index (κ3) is 3.67. The van der Waals surface area contributed by atoms with Crippen molar-refractivity contribution in [3.63, 3.8) is 0 Å². The SMILES string of the molecule is Cc1nn(Cc2ccccc2)c(Cl)c1C(=O)Nc1cccc(Cl)c1F. The van der Waals surface area contributed by atoms with E-state index >= 15 is 0 Å². The minimum Gasteiger partial charge on any atom is -0.319 e. The second kappa shape index (κ2) is 7.25. The number of nitrogens with zero attached hydrogens (tertiary/aromatic N) is 2. The van der Waals surface area contributed by atoms with Crippen LogP contribution in [0.3, 0.4) is 0 Å². The highest BCUT2D eigenvalue weighted by Gasteiger charge is 2.21. The van der Waals surface area contributed by atoms with E-state index in [0.29, 0.717) is 12.2 Å². The van der Waals surface area contributed by atoms with Crippen LogP contribution in [0.4, 0.5) is 10.1 Å². The van der Waals surface area contributed by atoms with Crippen LogP contribution in [0.1, 0.15) is 21.6 Å². The number of benzene rings is 2. The number of carbonyl (C=O) groups is 1. The average Bonchev–Trinajstić information content (AvgIpc) is 2.86. The van der Waals surface area contributed by atoms with Crippen molar-refractivity contribution < 1.29 is 9.18 Å². The van der Waals surface area contributed by atoms with E-state index < -0.39 is 11.7 Å². The first kappa shape index (κ1) is 17.5. The lowest BCUT2D eigenvalue weighted by molar-refractivity contribution is 0.102. The molecule has 3 aromatic rings. The third-order valence-corrected chi connectivity index (χ3v) is 4.34. The molecule has 0 aliphatic carbocycles. The summed E-state index contributed by atoms with van der Waals surface area (Å²) < 4.78 is 15.5. The zero-order valence-corrected chi connectivity index (χ0v) is 14.8. The molecule has 0 atom stereocenters. The molecule has 0 fully saturated rings. The van der Waals surface area contributed by atoms with Gasteiger partial charge in [0.2, 0.25) is 0 Å². The fraction of sp³-hybridized carbons (Fsp3) is 0.111. The van der Waals surface area contributed by atoms with Gasteiger partial charge in [0, 0.05) is 0 Å². The Morgan fingerprint density at radius 1 is 1.16 bits per heavy atom. The Morgan fingerprint density at radius 3 is 2.60 bits per heavy atom. The number of rotatable bonds is 4. The number of nitrogens with one attached hydrogen (secondary N) is 1. The summed E-state index contributed by atoms with van der Waals surface area (Å²) in [7, 11) is 0. The van der Waals surface area contributed by atoms with Gasteiger partial charge >= 0.3 is 0 Å². The number of hydrogen-bond donors (Lipinski definition) is 1. The Morgan fingerprint density at radius 2 is 1.88 bits per heavy atom. The zero-order valence-electron chi connectivity index (χ0n) is 13.3. The van der Waals surface area contributed by atoms with Gasteiger partial charge in [-0.1, -0.05) is 59.6 Å². The summed E-state index contributed by atoms with van der Waals surface area (Å²) in [6.45, 7) is 2.11. The second-order valence-electron chi connectivity index (χ2n) is 5.45. The van der Waals surface area contributed by atoms with E-state index in [9.17, 15) is 9.18 Å². The molecule has 0 saturated heterocycles. The molecular formula is C18H14Cl2FN3O. The highest BCUT2D eigenvalue weighted by Crippen LogP contribution is 2.25. The lowest BCUT2D eigenvalue weighted by atomic mass is 10.2. The Kier molecular flexibility index (Phi) is 5.06. The molecule has 1 N–H and O–H groups in total. The topological polar surface area (TPSA) is 46.9 Å². The molecule has 3 rings (SSSR count). The molecule has 0 spiro atoms. The number of hydrogen-bond acceptors (Lipinski definition) is 2. The van der Waals surface area contributed by atoms with Crippen molar-refractivity contribution in [2.24, 2.45) is 0 Å². The number of halogens is 3. The van der Waals surface area contributed by atoms with Crippen LogP contribution in [0, 0.1) is 12.7 Å². The molecule has 128 valence electrons. The maximum absolute atomic E-state index is 14.0. The first-order valence-corrected chi connectivity index (χ1v) is 8.25. The molecule has 1 heterocycles. The minimum atomic E-state index is -0.692. The van der Waals surface area contributed by atoms with Crippen molar-refractivity contribution in [3.8, 4) is 0 Å². The van der Waals surface area contributed by atoms with Gasteiger partial charge in [-0.2, -0.15) is 5.10 Å². The van der Waals surface area contributed by atoms with E-state index in [2.05, 4.69) is 10.4 Å². The van der Waals surface area contributed by atoms with Crippen LogP contribution in [0.15, 0.2) is 48.5 Å². The molecular weight excluding hydrogens is 364 g/mol. The molecule has 0 radical (unpaired) electrons. The van der Waals surface area contributed by atoms with E-state index in [1.807, 2.05) is 30.3 Å². The van der Waals surface area contributed by atoms with Crippen molar-refractivity contribution in [1.82, 2.24) is 9.78 Å². The van der Waals surface area contributed by atoms with Gasteiger partial charge in [-0.15, -0.1) is 0 Å². The summed E-state index contributed by atoms with van der Waals surface area (Å²) in [5.74, 6) is -1.23. The van der Waals surface area contributed by atoms with Crippen LogP contribution in [0.25, 0.3) is 0 Å². The smallest absolute Gasteiger partial charge is 0.260 e. The molecule has 1 aromatic heterocycles. The first-order chi connectivity index (χ1) is 12.0. The predicted molar refractivity (Wildman–Crippen MR) is 96.9 cm³/mol. The Balaban J connectivity index is 1.87. The van der Waals surface area contributed by atoms with E-state index in [-0.39, 0.29) is 21.4 Å². The number of aromatic nitrogens is 2. The second-order valence-corrected chi connectivity index (χ2v) is 6.22. The van der Waals surface area contributed by atoms with Crippen LogP contribution in [0.2, 0.25) is 10.2 Å². The quantitative estimate of drug-likeness (QED) is 0.699. The molecule has 7 heteroatoms. The van der Waals surface area contributed by atoms with Crippen LogP contribution < -0.4 is 5.32 Å². The molecule has 2 aromatic carbocycles. The summed E-state index contributed by atoms with van der Waals surface area (Å²) in [6.07, 6.45) is 0. The van der Waals surface area contributed by atoms with Crippen molar-refractivity contribution in [2.75, 3.05) is 5.32 Å². The Bertz CT molecular complexity index is 926. The van der Waals surface area contributed by atoms with Gasteiger partial charge in [0.05, 0.1) is 28.5 Å². The summed E-state index contributed by atoms with van der Waals surface area (Å²) in [5.41, 5.74) is 1.65. The van der Waals surface area contributed by atoms with Gasteiger partial charge in [0.1, 0.15) is 5.15 Å². The van der Waals surface area contributed by atoms with Gasteiger partial charge < -0.3 is 5.32 Å². The molecule has 0 bridgehead atoms. The third-order valence-electron chi connectivity index (χ3n) is 3.67. The molecule has 0 saturated carbocycles.